The van der Waals surface area contributed by atoms with Crippen molar-refractivity contribution in [3.63, 3.8) is 0 Å². The molecule has 1 aromatic carbocycles. The number of aromatic nitrogens is 3. The number of aryl methyl sites for hydroxylation is 1. The summed E-state index contributed by atoms with van der Waals surface area (Å²) < 4.78 is 28.3. The number of piperidine rings is 1. The van der Waals surface area contributed by atoms with E-state index in [1.165, 1.54) is 16.0 Å². The Balaban J connectivity index is 1.72. The zero-order valence-electron chi connectivity index (χ0n) is 13.0. The third-order valence-corrected chi connectivity index (χ3v) is 5.57. The van der Waals surface area contributed by atoms with Crippen LogP contribution in [0.5, 0.6) is 0 Å². The van der Waals surface area contributed by atoms with Gasteiger partial charge in [-0.2, -0.15) is 9.40 Å². The summed E-state index contributed by atoms with van der Waals surface area (Å²) in [5, 5.41) is 5.42. The van der Waals surface area contributed by atoms with Gasteiger partial charge in [-0.25, -0.2) is 18.1 Å². The van der Waals surface area contributed by atoms with Crippen molar-refractivity contribution in [2.75, 3.05) is 13.1 Å². The van der Waals surface area contributed by atoms with Crippen molar-refractivity contribution in [3.8, 4) is 0 Å². The van der Waals surface area contributed by atoms with Gasteiger partial charge in [0.2, 0.25) is 10.0 Å². The Kier molecular flexibility index (Phi) is 4.58. The molecule has 2 aromatic rings. The maximum absolute atomic E-state index is 12.5. The van der Waals surface area contributed by atoms with E-state index in [2.05, 4.69) is 10.1 Å². The molecule has 1 saturated heterocycles. The molecule has 1 aromatic heterocycles. The summed E-state index contributed by atoms with van der Waals surface area (Å²) in [5.41, 5.74) is 2.03. The van der Waals surface area contributed by atoms with Crippen LogP contribution in [0.25, 0.3) is 6.08 Å². The van der Waals surface area contributed by atoms with E-state index in [-0.39, 0.29) is 6.04 Å². The van der Waals surface area contributed by atoms with E-state index in [0.29, 0.717) is 13.1 Å². The third-order valence-electron chi connectivity index (χ3n) is 4.04. The molecule has 1 fully saturated rings. The minimum Gasteiger partial charge on any atom is -0.249 e. The van der Waals surface area contributed by atoms with E-state index in [1.54, 1.807) is 17.1 Å². The van der Waals surface area contributed by atoms with Crippen LogP contribution < -0.4 is 0 Å². The van der Waals surface area contributed by atoms with Crippen LogP contribution >= 0.6 is 0 Å². The predicted molar refractivity (Wildman–Crippen MR) is 89.0 cm³/mol. The predicted octanol–water partition coefficient (Wildman–Crippen LogP) is 2.22. The summed E-state index contributed by atoms with van der Waals surface area (Å²) in [7, 11) is -3.42. The Hall–Kier alpha value is -1.99. The normalized spacial score (nSPS) is 20.1. The maximum atomic E-state index is 12.5. The van der Waals surface area contributed by atoms with Crippen molar-refractivity contribution >= 4 is 16.1 Å². The second kappa shape index (κ2) is 6.64. The fourth-order valence-electron chi connectivity index (χ4n) is 2.70. The van der Waals surface area contributed by atoms with E-state index in [4.69, 9.17) is 0 Å². The van der Waals surface area contributed by atoms with Crippen molar-refractivity contribution in [2.24, 2.45) is 0 Å². The van der Waals surface area contributed by atoms with Crippen molar-refractivity contribution in [2.45, 2.75) is 25.8 Å². The average Bonchev–Trinajstić information content (AvgIpc) is 3.09. The van der Waals surface area contributed by atoms with E-state index in [9.17, 15) is 8.42 Å². The van der Waals surface area contributed by atoms with Crippen molar-refractivity contribution in [3.05, 3.63) is 53.5 Å². The molecule has 2 heterocycles. The fraction of sp³-hybridized carbons (Fsp3) is 0.375. The molecule has 23 heavy (non-hydrogen) atoms. The van der Waals surface area contributed by atoms with Gasteiger partial charge in [0.1, 0.15) is 12.7 Å². The highest BCUT2D eigenvalue weighted by atomic mass is 32.2. The quantitative estimate of drug-likeness (QED) is 0.861. The summed E-state index contributed by atoms with van der Waals surface area (Å²) in [6, 6.07) is 7.81. The summed E-state index contributed by atoms with van der Waals surface area (Å²) in [6.07, 6.45) is 6.50. The minimum atomic E-state index is -3.42. The molecular formula is C16H20N4O2S. The van der Waals surface area contributed by atoms with E-state index < -0.39 is 10.0 Å². The molecule has 0 N–H and O–H groups in total. The highest BCUT2D eigenvalue weighted by molar-refractivity contribution is 7.92. The molecule has 122 valence electrons. The SMILES string of the molecule is Cc1ccc(/C=C/S(=O)(=O)N2CCCC(n3cncn3)C2)cc1. The van der Waals surface area contributed by atoms with Crippen molar-refractivity contribution in [1.82, 2.24) is 19.1 Å². The number of benzene rings is 1. The zero-order valence-corrected chi connectivity index (χ0v) is 13.9. The first-order valence-electron chi connectivity index (χ1n) is 7.63. The van der Waals surface area contributed by atoms with Gasteiger partial charge in [-0.05, 0) is 31.4 Å². The van der Waals surface area contributed by atoms with Crippen LogP contribution in [0.3, 0.4) is 0 Å². The van der Waals surface area contributed by atoms with Crippen LogP contribution in [0.15, 0.2) is 42.3 Å². The first-order valence-corrected chi connectivity index (χ1v) is 9.14. The Morgan fingerprint density at radius 1 is 1.26 bits per heavy atom. The van der Waals surface area contributed by atoms with E-state index >= 15 is 0 Å². The first-order chi connectivity index (χ1) is 11.0. The minimum absolute atomic E-state index is 0.0498. The highest BCUT2D eigenvalue weighted by Gasteiger charge is 2.28. The molecule has 0 aliphatic carbocycles. The van der Waals surface area contributed by atoms with Gasteiger partial charge in [0.15, 0.2) is 0 Å². The van der Waals surface area contributed by atoms with Crippen molar-refractivity contribution in [1.29, 1.82) is 0 Å². The van der Waals surface area contributed by atoms with Gasteiger partial charge in [-0.15, -0.1) is 0 Å². The Labute approximate surface area is 136 Å². The molecule has 1 aliphatic heterocycles. The molecule has 0 saturated carbocycles. The van der Waals surface area contributed by atoms with Crippen LogP contribution in [0.2, 0.25) is 0 Å². The fourth-order valence-corrected chi connectivity index (χ4v) is 3.97. The molecule has 0 spiro atoms. The summed E-state index contributed by atoms with van der Waals surface area (Å²) in [6.45, 7) is 2.98. The monoisotopic (exact) mass is 332 g/mol. The van der Waals surface area contributed by atoms with Gasteiger partial charge in [-0.1, -0.05) is 29.8 Å². The van der Waals surface area contributed by atoms with Gasteiger partial charge in [0, 0.05) is 18.5 Å². The highest BCUT2D eigenvalue weighted by Crippen LogP contribution is 2.23. The second-order valence-corrected chi connectivity index (χ2v) is 7.61. The maximum Gasteiger partial charge on any atom is 0.236 e. The van der Waals surface area contributed by atoms with Crippen LogP contribution in [0, 0.1) is 6.92 Å². The van der Waals surface area contributed by atoms with Gasteiger partial charge in [0.05, 0.1) is 6.04 Å². The molecule has 1 unspecified atom stereocenters. The van der Waals surface area contributed by atoms with Crippen LogP contribution in [-0.4, -0.2) is 40.6 Å². The molecule has 1 atom stereocenters. The number of rotatable bonds is 4. The Morgan fingerprint density at radius 3 is 2.74 bits per heavy atom. The summed E-state index contributed by atoms with van der Waals surface area (Å²) >= 11 is 0. The molecule has 3 rings (SSSR count). The molecular weight excluding hydrogens is 312 g/mol. The number of hydrogen-bond donors (Lipinski definition) is 0. The largest absolute Gasteiger partial charge is 0.249 e. The van der Waals surface area contributed by atoms with Gasteiger partial charge >= 0.3 is 0 Å². The number of nitrogens with zero attached hydrogens (tertiary/aromatic N) is 4. The lowest BCUT2D eigenvalue weighted by molar-refractivity contribution is 0.255. The molecule has 6 nitrogen and oxygen atoms in total. The second-order valence-electron chi connectivity index (χ2n) is 5.79. The summed E-state index contributed by atoms with van der Waals surface area (Å²) in [4.78, 5) is 3.94. The topological polar surface area (TPSA) is 68.1 Å². The number of sulfonamides is 1. The van der Waals surface area contributed by atoms with E-state index in [0.717, 1.165) is 24.0 Å². The third kappa shape index (κ3) is 3.86. The van der Waals surface area contributed by atoms with Gasteiger partial charge in [0.25, 0.3) is 0 Å². The van der Waals surface area contributed by atoms with Crippen molar-refractivity contribution < 1.29 is 8.42 Å². The molecule has 0 radical (unpaired) electrons. The van der Waals surface area contributed by atoms with Gasteiger partial charge < -0.3 is 0 Å². The Bertz CT molecular complexity index is 767. The van der Waals surface area contributed by atoms with Crippen LogP contribution in [-0.2, 0) is 10.0 Å². The number of hydrogen-bond acceptors (Lipinski definition) is 4. The lowest BCUT2D eigenvalue weighted by Gasteiger charge is -2.30. The standard InChI is InChI=1S/C16H20N4O2S/c1-14-4-6-15(7-5-14)8-10-23(21,22)19-9-2-3-16(11-19)20-13-17-12-18-20/h4-8,10,12-13,16H,2-3,9,11H2,1H3/b10-8+. The first kappa shape index (κ1) is 15.9. The molecule has 1 aliphatic rings. The van der Waals surface area contributed by atoms with E-state index in [1.807, 2.05) is 31.2 Å². The summed E-state index contributed by atoms with van der Waals surface area (Å²) in [5.74, 6) is 0. The lowest BCUT2D eigenvalue weighted by Crippen LogP contribution is -2.39. The van der Waals surface area contributed by atoms with Crippen LogP contribution in [0.4, 0.5) is 0 Å². The Morgan fingerprint density at radius 2 is 2.04 bits per heavy atom. The molecule has 0 bridgehead atoms. The average molecular weight is 332 g/mol. The zero-order chi connectivity index (χ0) is 16.3. The smallest absolute Gasteiger partial charge is 0.236 e. The molecule has 0 amide bonds. The van der Waals surface area contributed by atoms with Crippen LogP contribution in [0.1, 0.15) is 30.0 Å². The molecule has 7 heteroatoms. The lowest BCUT2D eigenvalue weighted by atomic mass is 10.1. The van der Waals surface area contributed by atoms with Gasteiger partial charge in [-0.3, -0.25) is 0 Å².